The molecule has 340 valence electrons. The highest BCUT2D eigenvalue weighted by atomic mass is 32.1. The summed E-state index contributed by atoms with van der Waals surface area (Å²) < 4.78 is 2.72. The fourth-order valence-corrected chi connectivity index (χ4v) is 13.1. The summed E-state index contributed by atoms with van der Waals surface area (Å²) >= 11 is 1.98. The fraction of sp³-hybridized carbons (Fsp3) is 0.182. The second kappa shape index (κ2) is 15.2. The molecule has 0 amide bonds. The van der Waals surface area contributed by atoms with Gasteiger partial charge in [-0.3, -0.25) is 0 Å². The number of nitrogens with zero attached hydrogens (tertiary/aromatic N) is 2. The second-order valence-corrected chi connectivity index (χ2v) is 24.1. The zero-order chi connectivity index (χ0) is 48.0. The lowest BCUT2D eigenvalue weighted by Crippen LogP contribution is -2.60. The Bertz CT molecular complexity index is 3830. The van der Waals surface area contributed by atoms with Crippen LogP contribution in [0.3, 0.4) is 0 Å². The van der Waals surface area contributed by atoms with E-state index < -0.39 is 0 Å². The molecular formula is C66H57BN2S. The van der Waals surface area contributed by atoms with Crippen LogP contribution in [0.25, 0.3) is 64.7 Å². The summed E-state index contributed by atoms with van der Waals surface area (Å²) in [6, 6.07) is 70.0. The first-order valence-corrected chi connectivity index (χ1v) is 25.8. The van der Waals surface area contributed by atoms with Crippen LogP contribution in [0.2, 0.25) is 0 Å². The van der Waals surface area contributed by atoms with Crippen LogP contribution in [-0.2, 0) is 16.2 Å². The average molecular weight is 921 g/mol. The predicted octanol–water partition coefficient (Wildman–Crippen LogP) is 17.1. The largest absolute Gasteiger partial charge is 0.310 e. The van der Waals surface area contributed by atoms with Crippen LogP contribution in [0.15, 0.2) is 182 Å². The van der Waals surface area contributed by atoms with Gasteiger partial charge in [-0.15, -0.1) is 11.3 Å². The average Bonchev–Trinajstić information content (AvgIpc) is 3.73. The number of benzene rings is 10. The van der Waals surface area contributed by atoms with Crippen LogP contribution < -0.4 is 25.5 Å². The summed E-state index contributed by atoms with van der Waals surface area (Å²) in [5.74, 6) is 0. The third kappa shape index (κ3) is 6.52. The highest BCUT2D eigenvalue weighted by Crippen LogP contribution is 2.52. The molecule has 10 aromatic carbocycles. The smallest absolute Gasteiger partial charge is 0.264 e. The molecule has 11 aromatic rings. The van der Waals surface area contributed by atoms with Crippen molar-refractivity contribution in [1.29, 1.82) is 0 Å². The molecule has 0 spiro atoms. The van der Waals surface area contributed by atoms with E-state index in [9.17, 15) is 0 Å². The quantitative estimate of drug-likeness (QED) is 0.128. The molecular weight excluding hydrogens is 864 g/mol. The van der Waals surface area contributed by atoms with Crippen molar-refractivity contribution >= 4 is 110 Å². The SMILES string of the molecule is CC(C)(C)c1ccc(N2c3cccc4c3B(c3cc(C(C)(C)C)ccc3N4c3c(-c4ccccc4)cccc3-c3cc4ccc5cccc6ccc(c3)c4c56)c3sc4ccc(C(C)(C)C)cc4c32)cc1. The molecule has 2 nitrogen and oxygen atoms in total. The van der Waals surface area contributed by atoms with Gasteiger partial charge in [0.1, 0.15) is 0 Å². The minimum Gasteiger partial charge on any atom is -0.310 e. The molecule has 13 rings (SSSR count). The number of hydrogen-bond acceptors (Lipinski definition) is 3. The Kier molecular flexibility index (Phi) is 9.31. The van der Waals surface area contributed by atoms with Crippen molar-refractivity contribution in [3.63, 3.8) is 0 Å². The van der Waals surface area contributed by atoms with E-state index in [2.05, 4.69) is 254 Å². The van der Waals surface area contributed by atoms with E-state index in [4.69, 9.17) is 0 Å². The second-order valence-electron chi connectivity index (χ2n) is 23.0. The van der Waals surface area contributed by atoms with E-state index >= 15 is 0 Å². The Labute approximate surface area is 417 Å². The van der Waals surface area contributed by atoms with E-state index in [1.165, 1.54) is 131 Å². The first kappa shape index (κ1) is 42.9. The zero-order valence-electron chi connectivity index (χ0n) is 41.7. The lowest BCUT2D eigenvalue weighted by atomic mass is 9.36. The minimum atomic E-state index is -0.0586. The van der Waals surface area contributed by atoms with Gasteiger partial charge in [-0.2, -0.15) is 0 Å². The van der Waals surface area contributed by atoms with Crippen LogP contribution in [0, 0.1) is 0 Å². The minimum absolute atomic E-state index is 0.00112. The standard InChI is InChI=1S/C66H57BN2S/c1-64(2,3)46-28-32-49(33-29-46)68-55-22-15-23-56-60(55)67(63-62(68)52-38-47(65(4,5)6)31-35-57(52)70-63)53-39-48(66(7,8)9)30-34-54(53)69(56)61-50(40-16-11-10-12-17-40)20-14-21-51(61)45-36-43-26-24-41-18-13-19-42-25-27-44(37-45)59(43)58(41)42/h10-39H,1-9H3. The molecule has 70 heavy (non-hydrogen) atoms. The molecule has 2 aliphatic heterocycles. The van der Waals surface area contributed by atoms with Crippen LogP contribution in [0.5, 0.6) is 0 Å². The molecule has 1 aromatic heterocycles. The highest BCUT2D eigenvalue weighted by molar-refractivity contribution is 7.33. The first-order valence-electron chi connectivity index (χ1n) is 25.0. The number of anilines is 6. The van der Waals surface area contributed by atoms with Crippen molar-refractivity contribution in [2.45, 2.75) is 78.6 Å². The van der Waals surface area contributed by atoms with Gasteiger partial charge in [-0.25, -0.2) is 0 Å². The molecule has 0 N–H and O–H groups in total. The predicted molar refractivity (Wildman–Crippen MR) is 307 cm³/mol. The van der Waals surface area contributed by atoms with Gasteiger partial charge in [0.25, 0.3) is 6.71 Å². The molecule has 0 radical (unpaired) electrons. The fourth-order valence-electron chi connectivity index (χ4n) is 11.8. The van der Waals surface area contributed by atoms with E-state index in [0.29, 0.717) is 0 Å². The monoisotopic (exact) mass is 920 g/mol. The Morgan fingerprint density at radius 2 is 0.943 bits per heavy atom. The molecule has 0 unspecified atom stereocenters. The summed E-state index contributed by atoms with van der Waals surface area (Å²) in [4.78, 5) is 5.26. The van der Waals surface area contributed by atoms with Gasteiger partial charge in [0.2, 0.25) is 0 Å². The normalized spacial score (nSPS) is 13.7. The van der Waals surface area contributed by atoms with Gasteiger partial charge >= 0.3 is 0 Å². The molecule has 0 aliphatic carbocycles. The van der Waals surface area contributed by atoms with Crippen molar-refractivity contribution < 1.29 is 0 Å². The number of fused-ring (bicyclic) bond motifs is 6. The van der Waals surface area contributed by atoms with Crippen molar-refractivity contribution in [3.05, 3.63) is 199 Å². The maximum absolute atomic E-state index is 2.65. The third-order valence-corrected chi connectivity index (χ3v) is 16.7. The topological polar surface area (TPSA) is 6.48 Å². The molecule has 2 aliphatic rings. The van der Waals surface area contributed by atoms with Crippen LogP contribution >= 0.6 is 11.3 Å². The maximum Gasteiger partial charge on any atom is 0.264 e. The molecule has 0 saturated carbocycles. The number of rotatable bonds is 4. The van der Waals surface area contributed by atoms with Gasteiger partial charge in [-0.05, 0) is 142 Å². The third-order valence-electron chi connectivity index (χ3n) is 15.4. The van der Waals surface area contributed by atoms with Gasteiger partial charge < -0.3 is 9.80 Å². The Hall–Kier alpha value is -7.14. The zero-order valence-corrected chi connectivity index (χ0v) is 42.5. The Morgan fingerprint density at radius 3 is 1.60 bits per heavy atom. The lowest BCUT2D eigenvalue weighted by molar-refractivity contribution is 0.590. The molecule has 0 saturated heterocycles. The van der Waals surface area contributed by atoms with Crippen molar-refractivity contribution in [3.8, 4) is 22.3 Å². The van der Waals surface area contributed by atoms with E-state index in [0.717, 1.165) is 0 Å². The Balaban J connectivity index is 1.13. The Morgan fingerprint density at radius 1 is 0.400 bits per heavy atom. The lowest BCUT2D eigenvalue weighted by Gasteiger charge is -2.44. The van der Waals surface area contributed by atoms with Gasteiger partial charge in [0, 0.05) is 48.7 Å². The molecule has 0 bridgehead atoms. The summed E-state index contributed by atoms with van der Waals surface area (Å²) in [5.41, 5.74) is 18.9. The first-order chi connectivity index (χ1) is 33.6. The molecule has 0 fully saturated rings. The number of hydrogen-bond donors (Lipinski definition) is 0. The summed E-state index contributed by atoms with van der Waals surface area (Å²) in [6.07, 6.45) is 0. The number of para-hydroxylation sites is 1. The maximum atomic E-state index is 2.65. The highest BCUT2D eigenvalue weighted by Gasteiger charge is 2.46. The van der Waals surface area contributed by atoms with Crippen LogP contribution in [0.1, 0.15) is 79.0 Å². The van der Waals surface area contributed by atoms with Crippen LogP contribution in [-0.4, -0.2) is 6.71 Å². The van der Waals surface area contributed by atoms with Gasteiger partial charge in [0.05, 0.1) is 11.4 Å². The summed E-state index contributed by atoms with van der Waals surface area (Å²) in [6.45, 7) is 21.0. The van der Waals surface area contributed by atoms with Crippen molar-refractivity contribution in [2.75, 3.05) is 9.80 Å². The summed E-state index contributed by atoms with van der Waals surface area (Å²) in [5, 5.41) is 9.10. The van der Waals surface area contributed by atoms with E-state index in [1.54, 1.807) is 0 Å². The van der Waals surface area contributed by atoms with E-state index in [-0.39, 0.29) is 23.0 Å². The molecule has 4 heteroatoms. The van der Waals surface area contributed by atoms with Gasteiger partial charge in [0.15, 0.2) is 0 Å². The molecule has 0 atom stereocenters. The van der Waals surface area contributed by atoms with Crippen molar-refractivity contribution in [2.24, 2.45) is 0 Å². The van der Waals surface area contributed by atoms with Crippen molar-refractivity contribution in [1.82, 2.24) is 0 Å². The van der Waals surface area contributed by atoms with E-state index in [1.807, 2.05) is 11.3 Å². The van der Waals surface area contributed by atoms with Crippen LogP contribution in [0.4, 0.5) is 34.1 Å². The molecule has 3 heterocycles. The summed E-state index contributed by atoms with van der Waals surface area (Å²) in [7, 11) is 0. The number of thiophene rings is 1. The van der Waals surface area contributed by atoms with Gasteiger partial charge in [-0.1, -0.05) is 190 Å².